The van der Waals surface area contributed by atoms with Gasteiger partial charge in [0.15, 0.2) is 5.76 Å². The number of aryl methyl sites for hydroxylation is 2. The summed E-state index contributed by atoms with van der Waals surface area (Å²) in [4.78, 5) is 23.9. The van der Waals surface area contributed by atoms with Crippen LogP contribution in [0.1, 0.15) is 43.3 Å². The molecule has 3 rings (SSSR count). The topological polar surface area (TPSA) is 92.4 Å². The standard InChI is InChI=1S/C21H18N2O4/c1-13-7-9-15(10-8-13)11-12-18-19(14(2)23-27-18)22-20(24)16-5-3-4-6-17(16)21(25)26/h3-12H,1-2H3,(H,22,24)(H,25,26)/b12-11+. The molecule has 1 heterocycles. The molecule has 0 radical (unpaired) electrons. The van der Waals surface area contributed by atoms with E-state index >= 15 is 0 Å². The van der Waals surface area contributed by atoms with Crippen LogP contribution in [0.25, 0.3) is 12.2 Å². The Bertz CT molecular complexity index is 1020. The van der Waals surface area contributed by atoms with E-state index in [1.807, 2.05) is 37.3 Å². The third-order valence-corrected chi connectivity index (χ3v) is 4.03. The highest BCUT2D eigenvalue weighted by molar-refractivity contribution is 6.11. The van der Waals surface area contributed by atoms with Crippen LogP contribution in [-0.4, -0.2) is 22.1 Å². The van der Waals surface area contributed by atoms with Crippen molar-refractivity contribution in [1.82, 2.24) is 5.16 Å². The largest absolute Gasteiger partial charge is 0.478 e. The summed E-state index contributed by atoms with van der Waals surface area (Å²) in [6.45, 7) is 3.71. The minimum absolute atomic E-state index is 0.0686. The monoisotopic (exact) mass is 362 g/mol. The van der Waals surface area contributed by atoms with Gasteiger partial charge in [0.1, 0.15) is 11.4 Å². The Morgan fingerprint density at radius 1 is 1.00 bits per heavy atom. The Kier molecular flexibility index (Phi) is 5.17. The number of carbonyl (C=O) groups is 2. The van der Waals surface area contributed by atoms with Crippen LogP contribution >= 0.6 is 0 Å². The lowest BCUT2D eigenvalue weighted by molar-refractivity contribution is 0.0692. The maximum Gasteiger partial charge on any atom is 0.336 e. The van der Waals surface area contributed by atoms with Gasteiger partial charge in [0.25, 0.3) is 5.91 Å². The summed E-state index contributed by atoms with van der Waals surface area (Å²) in [6, 6.07) is 14.0. The van der Waals surface area contributed by atoms with Gasteiger partial charge in [-0.15, -0.1) is 0 Å². The third-order valence-electron chi connectivity index (χ3n) is 4.03. The lowest BCUT2D eigenvalue weighted by Gasteiger charge is -2.07. The summed E-state index contributed by atoms with van der Waals surface area (Å²) in [7, 11) is 0. The first-order valence-electron chi connectivity index (χ1n) is 8.30. The normalized spacial score (nSPS) is 10.9. The van der Waals surface area contributed by atoms with E-state index in [9.17, 15) is 14.7 Å². The molecule has 0 unspecified atom stereocenters. The molecule has 6 heteroatoms. The fraction of sp³-hybridized carbons (Fsp3) is 0.0952. The summed E-state index contributed by atoms with van der Waals surface area (Å²) in [5, 5.41) is 15.9. The molecular weight excluding hydrogens is 344 g/mol. The Morgan fingerprint density at radius 2 is 1.67 bits per heavy atom. The molecule has 0 aliphatic rings. The minimum atomic E-state index is -1.16. The first kappa shape index (κ1) is 18.1. The molecule has 2 N–H and O–H groups in total. The van der Waals surface area contributed by atoms with Crippen LogP contribution < -0.4 is 5.32 Å². The number of nitrogens with zero attached hydrogens (tertiary/aromatic N) is 1. The molecule has 0 saturated heterocycles. The van der Waals surface area contributed by atoms with Gasteiger partial charge in [-0.3, -0.25) is 4.79 Å². The fourth-order valence-corrected chi connectivity index (χ4v) is 2.55. The third kappa shape index (κ3) is 4.12. The molecule has 136 valence electrons. The second-order valence-electron chi connectivity index (χ2n) is 6.06. The first-order valence-corrected chi connectivity index (χ1v) is 8.30. The SMILES string of the molecule is Cc1ccc(/C=C/c2onc(C)c2NC(=O)c2ccccc2C(=O)O)cc1. The maximum absolute atomic E-state index is 12.6. The van der Waals surface area contributed by atoms with Crippen molar-refractivity contribution in [1.29, 1.82) is 0 Å². The average molecular weight is 362 g/mol. The number of aromatic carboxylic acids is 1. The van der Waals surface area contributed by atoms with E-state index in [0.717, 1.165) is 11.1 Å². The van der Waals surface area contributed by atoms with Crippen LogP contribution in [0.5, 0.6) is 0 Å². The Labute approximate surface area is 156 Å². The highest BCUT2D eigenvalue weighted by atomic mass is 16.5. The molecule has 27 heavy (non-hydrogen) atoms. The van der Waals surface area contributed by atoms with Gasteiger partial charge in [-0.2, -0.15) is 0 Å². The van der Waals surface area contributed by atoms with Crippen molar-refractivity contribution in [3.63, 3.8) is 0 Å². The quantitative estimate of drug-likeness (QED) is 0.701. The number of anilines is 1. The predicted octanol–water partition coefficient (Wildman–Crippen LogP) is 4.41. The Balaban J connectivity index is 1.86. The van der Waals surface area contributed by atoms with Crippen molar-refractivity contribution in [3.05, 3.63) is 82.2 Å². The van der Waals surface area contributed by atoms with Crippen molar-refractivity contribution in [2.24, 2.45) is 0 Å². The molecule has 2 aromatic carbocycles. The second kappa shape index (κ2) is 7.70. The van der Waals surface area contributed by atoms with Crippen LogP contribution in [0.4, 0.5) is 5.69 Å². The van der Waals surface area contributed by atoms with E-state index < -0.39 is 11.9 Å². The minimum Gasteiger partial charge on any atom is -0.478 e. The summed E-state index contributed by atoms with van der Waals surface area (Å²) in [6.07, 6.45) is 3.56. The number of carboxylic acids is 1. The number of hydrogen-bond donors (Lipinski definition) is 2. The lowest BCUT2D eigenvalue weighted by atomic mass is 10.1. The van der Waals surface area contributed by atoms with Crippen LogP contribution in [0.15, 0.2) is 53.1 Å². The van der Waals surface area contributed by atoms with Crippen LogP contribution in [0.3, 0.4) is 0 Å². The first-order chi connectivity index (χ1) is 13.0. The number of aromatic nitrogens is 1. The molecule has 1 aromatic heterocycles. The molecule has 0 fully saturated rings. The molecule has 0 saturated carbocycles. The van der Waals surface area contributed by atoms with Gasteiger partial charge >= 0.3 is 5.97 Å². The van der Waals surface area contributed by atoms with E-state index in [0.29, 0.717) is 17.1 Å². The van der Waals surface area contributed by atoms with Crippen molar-refractivity contribution in [3.8, 4) is 0 Å². The predicted molar refractivity (Wildman–Crippen MR) is 103 cm³/mol. The Morgan fingerprint density at radius 3 is 2.33 bits per heavy atom. The highest BCUT2D eigenvalue weighted by Gasteiger charge is 2.19. The van der Waals surface area contributed by atoms with Gasteiger partial charge in [0.05, 0.1) is 11.1 Å². The molecule has 6 nitrogen and oxygen atoms in total. The van der Waals surface area contributed by atoms with Crippen molar-refractivity contribution >= 4 is 29.7 Å². The van der Waals surface area contributed by atoms with Gasteiger partial charge in [-0.05, 0) is 37.6 Å². The Hall–Kier alpha value is -3.67. The number of rotatable bonds is 5. The highest BCUT2D eigenvalue weighted by Crippen LogP contribution is 2.24. The van der Waals surface area contributed by atoms with Gasteiger partial charge in [-0.25, -0.2) is 4.79 Å². The second-order valence-corrected chi connectivity index (χ2v) is 6.06. The van der Waals surface area contributed by atoms with Crippen LogP contribution in [-0.2, 0) is 0 Å². The van der Waals surface area contributed by atoms with Crippen LogP contribution in [0, 0.1) is 13.8 Å². The summed E-state index contributed by atoms with van der Waals surface area (Å²) in [5.41, 5.74) is 3.04. The molecule has 0 bridgehead atoms. The van der Waals surface area contributed by atoms with Gasteiger partial charge in [0.2, 0.25) is 0 Å². The molecule has 0 aliphatic carbocycles. The van der Waals surface area contributed by atoms with Gasteiger partial charge in [0, 0.05) is 0 Å². The van der Waals surface area contributed by atoms with E-state index in [1.165, 1.54) is 12.1 Å². The van der Waals surface area contributed by atoms with E-state index in [1.54, 1.807) is 25.1 Å². The molecular formula is C21H18N2O4. The molecule has 0 aliphatic heterocycles. The average Bonchev–Trinajstić information content (AvgIpc) is 3.01. The smallest absolute Gasteiger partial charge is 0.336 e. The number of benzene rings is 2. The maximum atomic E-state index is 12.6. The number of carboxylic acid groups (broad SMARTS) is 1. The number of carbonyl (C=O) groups excluding carboxylic acids is 1. The van der Waals surface area contributed by atoms with Crippen molar-refractivity contribution < 1.29 is 19.2 Å². The van der Waals surface area contributed by atoms with Gasteiger partial charge < -0.3 is 14.9 Å². The van der Waals surface area contributed by atoms with Crippen LogP contribution in [0.2, 0.25) is 0 Å². The number of hydrogen-bond acceptors (Lipinski definition) is 4. The van der Waals surface area contributed by atoms with Gasteiger partial charge in [-0.1, -0.05) is 53.2 Å². The summed E-state index contributed by atoms with van der Waals surface area (Å²) < 4.78 is 5.29. The van der Waals surface area contributed by atoms with Crippen molar-refractivity contribution in [2.45, 2.75) is 13.8 Å². The van der Waals surface area contributed by atoms with E-state index in [2.05, 4.69) is 10.5 Å². The van der Waals surface area contributed by atoms with E-state index in [4.69, 9.17) is 4.52 Å². The van der Waals surface area contributed by atoms with E-state index in [-0.39, 0.29) is 11.1 Å². The molecule has 3 aromatic rings. The zero-order chi connectivity index (χ0) is 19.4. The molecule has 1 amide bonds. The summed E-state index contributed by atoms with van der Waals surface area (Å²) in [5.74, 6) is -1.32. The lowest BCUT2D eigenvalue weighted by Crippen LogP contribution is -2.17. The fourth-order valence-electron chi connectivity index (χ4n) is 2.55. The molecule has 0 spiro atoms. The number of nitrogens with one attached hydrogen (secondary N) is 1. The number of amides is 1. The zero-order valence-corrected chi connectivity index (χ0v) is 14.9. The summed E-state index contributed by atoms with van der Waals surface area (Å²) >= 11 is 0. The zero-order valence-electron chi connectivity index (χ0n) is 14.9. The van der Waals surface area contributed by atoms with Crippen molar-refractivity contribution in [2.75, 3.05) is 5.32 Å². The molecule has 0 atom stereocenters.